The molecule has 0 bridgehead atoms. The minimum absolute atomic E-state index is 0.0126. The molecule has 2 N–H and O–H groups in total. The van der Waals surface area contributed by atoms with E-state index in [2.05, 4.69) is 12.2 Å². The van der Waals surface area contributed by atoms with Crippen LogP contribution in [-0.4, -0.2) is 34.6 Å². The fourth-order valence-corrected chi connectivity index (χ4v) is 3.66. The van der Waals surface area contributed by atoms with Gasteiger partial charge in [-0.25, -0.2) is 4.79 Å². The number of carbonyl (C=O) groups excluding carboxylic acids is 1. The molecule has 116 valence electrons. The van der Waals surface area contributed by atoms with Gasteiger partial charge < -0.3 is 15.3 Å². The van der Waals surface area contributed by atoms with Crippen LogP contribution in [0.15, 0.2) is 17.5 Å². The van der Waals surface area contributed by atoms with Crippen molar-refractivity contribution in [3.05, 3.63) is 22.4 Å². The molecule has 0 spiro atoms. The van der Waals surface area contributed by atoms with Crippen molar-refractivity contribution in [2.45, 2.75) is 45.2 Å². The van der Waals surface area contributed by atoms with Crippen LogP contribution in [0.3, 0.4) is 0 Å². The monoisotopic (exact) mass is 310 g/mol. The normalized spacial score (nSPS) is 23.0. The number of hydrogen-bond acceptors (Lipinski definition) is 3. The first-order valence-corrected chi connectivity index (χ1v) is 8.26. The Morgan fingerprint density at radius 2 is 2.33 bits per heavy atom. The van der Waals surface area contributed by atoms with Crippen molar-refractivity contribution in [1.82, 2.24) is 10.2 Å². The molecule has 2 heterocycles. The SMILES string of the molecule is CCCC(NC(=O)N1CCC(C(=O)O)C1C)c1cccs1. The second kappa shape index (κ2) is 6.93. The third kappa shape index (κ3) is 3.56. The van der Waals surface area contributed by atoms with Gasteiger partial charge in [-0.05, 0) is 31.2 Å². The minimum atomic E-state index is -0.818. The van der Waals surface area contributed by atoms with Crippen molar-refractivity contribution in [2.24, 2.45) is 5.92 Å². The smallest absolute Gasteiger partial charge is 0.318 e. The molecule has 21 heavy (non-hydrogen) atoms. The molecule has 1 aliphatic rings. The molecular formula is C15H22N2O3S. The summed E-state index contributed by atoms with van der Waals surface area (Å²) in [6.07, 6.45) is 2.40. The molecule has 0 aromatic carbocycles. The van der Waals surface area contributed by atoms with Crippen molar-refractivity contribution in [3.8, 4) is 0 Å². The summed E-state index contributed by atoms with van der Waals surface area (Å²) >= 11 is 1.63. The van der Waals surface area contributed by atoms with E-state index < -0.39 is 11.9 Å². The van der Waals surface area contributed by atoms with Gasteiger partial charge in [-0.1, -0.05) is 19.4 Å². The van der Waals surface area contributed by atoms with E-state index >= 15 is 0 Å². The van der Waals surface area contributed by atoms with E-state index in [9.17, 15) is 9.59 Å². The molecule has 1 aliphatic heterocycles. The molecule has 1 fully saturated rings. The minimum Gasteiger partial charge on any atom is -0.481 e. The predicted octanol–water partition coefficient (Wildman–Crippen LogP) is 3.09. The van der Waals surface area contributed by atoms with Crippen molar-refractivity contribution in [1.29, 1.82) is 0 Å². The highest BCUT2D eigenvalue weighted by Crippen LogP contribution is 2.27. The zero-order valence-corrected chi connectivity index (χ0v) is 13.2. The average molecular weight is 310 g/mol. The van der Waals surface area contributed by atoms with Crippen LogP contribution >= 0.6 is 11.3 Å². The van der Waals surface area contributed by atoms with Gasteiger partial charge in [-0.15, -0.1) is 11.3 Å². The molecule has 3 atom stereocenters. The van der Waals surface area contributed by atoms with Crippen LogP contribution in [0.25, 0.3) is 0 Å². The van der Waals surface area contributed by atoms with E-state index in [1.54, 1.807) is 16.2 Å². The van der Waals surface area contributed by atoms with Crippen LogP contribution in [0.5, 0.6) is 0 Å². The Balaban J connectivity index is 2.01. The number of aliphatic carboxylic acids is 1. The first-order valence-electron chi connectivity index (χ1n) is 7.38. The van der Waals surface area contributed by atoms with Crippen molar-refractivity contribution in [2.75, 3.05) is 6.54 Å². The van der Waals surface area contributed by atoms with Gasteiger partial charge in [0.2, 0.25) is 0 Å². The molecule has 1 aromatic heterocycles. The van der Waals surface area contributed by atoms with Crippen LogP contribution in [0.1, 0.15) is 44.0 Å². The lowest BCUT2D eigenvalue weighted by Gasteiger charge is -2.26. The Hall–Kier alpha value is -1.56. The van der Waals surface area contributed by atoms with Crippen LogP contribution < -0.4 is 5.32 Å². The molecule has 1 aromatic rings. The first kappa shape index (κ1) is 15.8. The number of likely N-dealkylation sites (tertiary alicyclic amines) is 1. The zero-order valence-electron chi connectivity index (χ0n) is 12.4. The molecule has 1 saturated heterocycles. The Morgan fingerprint density at radius 1 is 1.57 bits per heavy atom. The molecule has 3 unspecified atom stereocenters. The standard InChI is InChI=1S/C15H22N2O3S/c1-3-5-12(13-6-4-9-21-13)16-15(20)17-8-7-11(10(17)2)14(18)19/h4,6,9-12H,3,5,7-8H2,1-2H3,(H,16,20)(H,18,19). The summed E-state index contributed by atoms with van der Waals surface area (Å²) in [5, 5.41) is 14.2. The van der Waals surface area contributed by atoms with Crippen molar-refractivity contribution >= 4 is 23.3 Å². The lowest BCUT2D eigenvalue weighted by molar-refractivity contribution is -0.142. The Bertz CT molecular complexity index is 489. The summed E-state index contributed by atoms with van der Waals surface area (Å²) in [7, 11) is 0. The van der Waals surface area contributed by atoms with Crippen LogP contribution in [-0.2, 0) is 4.79 Å². The highest BCUT2D eigenvalue weighted by atomic mass is 32.1. The number of amides is 2. The molecule has 2 rings (SSSR count). The lowest BCUT2D eigenvalue weighted by atomic mass is 10.0. The third-order valence-electron chi connectivity index (χ3n) is 4.09. The Morgan fingerprint density at radius 3 is 2.86 bits per heavy atom. The first-order chi connectivity index (χ1) is 10.0. The number of nitrogens with zero attached hydrogens (tertiary/aromatic N) is 1. The van der Waals surface area contributed by atoms with Crippen LogP contribution in [0, 0.1) is 5.92 Å². The zero-order chi connectivity index (χ0) is 15.4. The van der Waals surface area contributed by atoms with Gasteiger partial charge in [0, 0.05) is 17.5 Å². The molecule has 0 saturated carbocycles. The molecule has 5 nitrogen and oxygen atoms in total. The van der Waals surface area contributed by atoms with E-state index in [0.717, 1.165) is 17.7 Å². The summed E-state index contributed by atoms with van der Waals surface area (Å²) in [5.41, 5.74) is 0. The number of rotatable bonds is 5. The molecule has 6 heteroatoms. The number of urea groups is 1. The Labute approximate surface area is 129 Å². The van der Waals surface area contributed by atoms with Gasteiger partial charge in [0.15, 0.2) is 0 Å². The summed E-state index contributed by atoms with van der Waals surface area (Å²) in [5.74, 6) is -1.27. The number of carbonyl (C=O) groups is 2. The number of nitrogens with one attached hydrogen (secondary N) is 1. The summed E-state index contributed by atoms with van der Waals surface area (Å²) in [6, 6.07) is 3.61. The van der Waals surface area contributed by atoms with Gasteiger partial charge >= 0.3 is 12.0 Å². The summed E-state index contributed by atoms with van der Waals surface area (Å²) in [6.45, 7) is 4.41. The van der Waals surface area contributed by atoms with Crippen LogP contribution in [0.2, 0.25) is 0 Å². The van der Waals surface area contributed by atoms with Gasteiger partial charge in [0.25, 0.3) is 0 Å². The van der Waals surface area contributed by atoms with Gasteiger partial charge in [-0.3, -0.25) is 4.79 Å². The fourth-order valence-electron chi connectivity index (χ4n) is 2.85. The second-order valence-corrected chi connectivity index (χ2v) is 6.45. The van der Waals surface area contributed by atoms with E-state index in [-0.39, 0.29) is 18.1 Å². The maximum Gasteiger partial charge on any atom is 0.318 e. The van der Waals surface area contributed by atoms with Crippen molar-refractivity contribution < 1.29 is 14.7 Å². The highest BCUT2D eigenvalue weighted by Gasteiger charge is 2.38. The van der Waals surface area contributed by atoms with E-state index in [0.29, 0.717) is 13.0 Å². The van der Waals surface area contributed by atoms with Gasteiger partial charge in [0.05, 0.1) is 12.0 Å². The lowest BCUT2D eigenvalue weighted by Crippen LogP contribution is -2.44. The topological polar surface area (TPSA) is 69.6 Å². The van der Waals surface area contributed by atoms with E-state index in [4.69, 9.17) is 5.11 Å². The maximum atomic E-state index is 12.4. The van der Waals surface area contributed by atoms with E-state index in [1.165, 1.54) is 0 Å². The Kier molecular flexibility index (Phi) is 5.22. The predicted molar refractivity (Wildman–Crippen MR) is 82.4 cm³/mol. The van der Waals surface area contributed by atoms with Crippen LogP contribution in [0.4, 0.5) is 4.79 Å². The molecular weight excluding hydrogens is 288 g/mol. The number of carboxylic acids is 1. The fraction of sp³-hybridized carbons (Fsp3) is 0.600. The van der Waals surface area contributed by atoms with Gasteiger partial charge in [0.1, 0.15) is 0 Å². The summed E-state index contributed by atoms with van der Waals surface area (Å²) in [4.78, 5) is 26.4. The maximum absolute atomic E-state index is 12.4. The van der Waals surface area contributed by atoms with E-state index in [1.807, 2.05) is 24.4 Å². The molecule has 0 radical (unpaired) electrons. The second-order valence-electron chi connectivity index (χ2n) is 5.47. The summed E-state index contributed by atoms with van der Waals surface area (Å²) < 4.78 is 0. The quantitative estimate of drug-likeness (QED) is 0.878. The number of thiophene rings is 1. The molecule has 0 aliphatic carbocycles. The number of carboxylic acid groups (broad SMARTS) is 1. The largest absolute Gasteiger partial charge is 0.481 e. The van der Waals surface area contributed by atoms with Crippen molar-refractivity contribution in [3.63, 3.8) is 0 Å². The molecule has 2 amide bonds. The highest BCUT2D eigenvalue weighted by molar-refractivity contribution is 7.10. The third-order valence-corrected chi connectivity index (χ3v) is 5.08. The number of hydrogen-bond donors (Lipinski definition) is 2. The average Bonchev–Trinajstić information content (AvgIpc) is 3.07. The van der Waals surface area contributed by atoms with Gasteiger partial charge in [-0.2, -0.15) is 0 Å².